The second-order valence-electron chi connectivity index (χ2n) is 4.28. The van der Waals surface area contributed by atoms with Crippen molar-refractivity contribution in [3.05, 3.63) is 70.8 Å². The minimum Gasteiger partial charge on any atom is -0.106 e. The van der Waals surface area contributed by atoms with E-state index in [4.69, 9.17) is 12.8 Å². The molecule has 0 N–H and O–H groups in total. The lowest BCUT2D eigenvalue weighted by atomic mass is 9.96. The summed E-state index contributed by atoms with van der Waals surface area (Å²) in [6.07, 6.45) is 11.1. The highest BCUT2D eigenvalue weighted by molar-refractivity contribution is 5.50. The zero-order valence-corrected chi connectivity index (χ0v) is 11.5. The molecule has 2 aromatic carbocycles. The molecule has 2 aromatic rings. The fourth-order valence-electron chi connectivity index (χ4n) is 2.00. The monoisotopic (exact) mass is 264 g/mol. The summed E-state index contributed by atoms with van der Waals surface area (Å²) in [6.45, 7) is 0. The van der Waals surface area contributed by atoms with Crippen molar-refractivity contribution in [3.63, 3.8) is 0 Å². The number of benzene rings is 2. The number of hydrogen-bond acceptors (Lipinski definition) is 0. The highest BCUT2D eigenvalue weighted by Crippen LogP contribution is 2.16. The lowest BCUT2D eigenvalue weighted by Crippen LogP contribution is -1.95. The maximum Gasteiger partial charge on any atom is 0.0290 e. The first-order valence-corrected chi connectivity index (χ1v) is 6.44. The van der Waals surface area contributed by atoms with Crippen LogP contribution in [-0.4, -0.2) is 0 Å². The van der Waals surface area contributed by atoms with Gasteiger partial charge in [0.2, 0.25) is 0 Å². The van der Waals surface area contributed by atoms with Crippen LogP contribution in [0.3, 0.4) is 0 Å². The maximum absolute atomic E-state index is 5.20. The molecule has 0 aliphatic carbocycles. The van der Waals surface area contributed by atoms with Crippen LogP contribution in [0.5, 0.6) is 0 Å². The fraction of sp³-hybridized carbons (Fsp3) is 0.0476. The standard InChI is InChI=1S/C21H12/c1-3-5-11-18-13-7-9-15-20(18)17-21-16-10-8-14-19(21)12-6-4-2/h1-2,7-10,13-16H,17H2. The van der Waals surface area contributed by atoms with Crippen LogP contribution in [0.1, 0.15) is 22.3 Å². The van der Waals surface area contributed by atoms with Gasteiger partial charge < -0.3 is 0 Å². The van der Waals surface area contributed by atoms with E-state index in [1.807, 2.05) is 48.5 Å². The molecular weight excluding hydrogens is 252 g/mol. The summed E-state index contributed by atoms with van der Waals surface area (Å²) in [7, 11) is 0. The highest BCUT2D eigenvalue weighted by atomic mass is 14.1. The third-order valence-corrected chi connectivity index (χ3v) is 2.95. The lowest BCUT2D eigenvalue weighted by Gasteiger charge is -2.07. The Balaban J connectivity index is 2.41. The van der Waals surface area contributed by atoms with Gasteiger partial charge in [0.15, 0.2) is 0 Å². The van der Waals surface area contributed by atoms with E-state index in [0.717, 1.165) is 28.7 Å². The van der Waals surface area contributed by atoms with Gasteiger partial charge in [-0.15, -0.1) is 12.8 Å². The molecule has 0 unspecified atom stereocenters. The molecule has 0 heterocycles. The van der Waals surface area contributed by atoms with E-state index in [1.54, 1.807) is 0 Å². The van der Waals surface area contributed by atoms with Crippen LogP contribution in [-0.2, 0) is 6.42 Å². The highest BCUT2D eigenvalue weighted by Gasteiger charge is 2.04. The summed E-state index contributed by atoms with van der Waals surface area (Å²) in [6, 6.07) is 15.9. The summed E-state index contributed by atoms with van der Waals surface area (Å²) >= 11 is 0. The first-order chi connectivity index (χ1) is 10.3. The average molecular weight is 264 g/mol. The Morgan fingerprint density at radius 2 is 1.10 bits per heavy atom. The summed E-state index contributed by atoms with van der Waals surface area (Å²) in [5, 5.41) is 0. The predicted octanol–water partition coefficient (Wildman–Crippen LogP) is 3.25. The van der Waals surface area contributed by atoms with Crippen molar-refractivity contribution in [3.8, 4) is 48.4 Å². The molecule has 21 heavy (non-hydrogen) atoms. The van der Waals surface area contributed by atoms with E-state index in [-0.39, 0.29) is 0 Å². The van der Waals surface area contributed by atoms with Gasteiger partial charge in [-0.25, -0.2) is 0 Å². The molecule has 0 aliphatic rings. The third kappa shape index (κ3) is 3.82. The Morgan fingerprint density at radius 1 is 0.667 bits per heavy atom. The zero-order valence-electron chi connectivity index (χ0n) is 11.5. The van der Waals surface area contributed by atoms with Gasteiger partial charge in [0, 0.05) is 11.1 Å². The van der Waals surface area contributed by atoms with Crippen LogP contribution in [0, 0.1) is 48.4 Å². The van der Waals surface area contributed by atoms with Crippen molar-refractivity contribution < 1.29 is 0 Å². The van der Waals surface area contributed by atoms with Gasteiger partial charge in [-0.05, 0) is 53.4 Å². The number of rotatable bonds is 2. The summed E-state index contributed by atoms with van der Waals surface area (Å²) in [5.74, 6) is 16.0. The average Bonchev–Trinajstić information content (AvgIpc) is 2.53. The van der Waals surface area contributed by atoms with Gasteiger partial charge >= 0.3 is 0 Å². The van der Waals surface area contributed by atoms with Crippen LogP contribution in [0.15, 0.2) is 48.5 Å². The van der Waals surface area contributed by atoms with E-state index in [2.05, 4.69) is 35.5 Å². The summed E-state index contributed by atoms with van der Waals surface area (Å²) in [4.78, 5) is 0. The smallest absolute Gasteiger partial charge is 0.0290 e. The number of hydrogen-bond donors (Lipinski definition) is 0. The normalized spacial score (nSPS) is 8.29. The van der Waals surface area contributed by atoms with E-state index < -0.39 is 0 Å². The minimum atomic E-state index is 0.741. The molecule has 0 heteroatoms. The van der Waals surface area contributed by atoms with Gasteiger partial charge in [-0.2, -0.15) is 0 Å². The molecule has 2 rings (SSSR count). The molecule has 0 amide bonds. The van der Waals surface area contributed by atoms with E-state index in [9.17, 15) is 0 Å². The molecule has 0 aromatic heterocycles. The quantitative estimate of drug-likeness (QED) is 0.730. The molecule has 0 spiro atoms. The van der Waals surface area contributed by atoms with Crippen molar-refractivity contribution >= 4 is 0 Å². The molecule has 0 atom stereocenters. The van der Waals surface area contributed by atoms with E-state index >= 15 is 0 Å². The Labute approximate surface area is 126 Å². The molecule has 0 fully saturated rings. The predicted molar refractivity (Wildman–Crippen MR) is 87.1 cm³/mol. The summed E-state index contributed by atoms with van der Waals surface area (Å²) < 4.78 is 0. The summed E-state index contributed by atoms with van der Waals surface area (Å²) in [5.41, 5.74) is 4.12. The SMILES string of the molecule is C#CC#Cc1ccccc1Cc1ccccc1C#CC#C. The molecule has 0 aliphatic heterocycles. The topological polar surface area (TPSA) is 0 Å². The molecular formula is C21H12. The third-order valence-electron chi connectivity index (χ3n) is 2.95. The minimum absolute atomic E-state index is 0.741. The van der Waals surface area contributed by atoms with Crippen molar-refractivity contribution in [1.29, 1.82) is 0 Å². The molecule has 0 nitrogen and oxygen atoms in total. The Hall–Kier alpha value is -3.32. The van der Waals surface area contributed by atoms with Gasteiger partial charge in [-0.1, -0.05) is 48.2 Å². The molecule has 0 saturated carbocycles. The van der Waals surface area contributed by atoms with Gasteiger partial charge in [0.25, 0.3) is 0 Å². The molecule has 0 saturated heterocycles. The van der Waals surface area contributed by atoms with Crippen LogP contribution in [0.25, 0.3) is 0 Å². The van der Waals surface area contributed by atoms with Gasteiger partial charge in [0.05, 0.1) is 0 Å². The van der Waals surface area contributed by atoms with Crippen molar-refractivity contribution in [2.45, 2.75) is 6.42 Å². The van der Waals surface area contributed by atoms with Crippen molar-refractivity contribution in [2.24, 2.45) is 0 Å². The Morgan fingerprint density at radius 3 is 1.52 bits per heavy atom. The largest absolute Gasteiger partial charge is 0.106 e. The van der Waals surface area contributed by atoms with Gasteiger partial charge in [0.1, 0.15) is 0 Å². The molecule has 0 radical (unpaired) electrons. The van der Waals surface area contributed by atoms with Gasteiger partial charge in [-0.3, -0.25) is 0 Å². The first-order valence-electron chi connectivity index (χ1n) is 6.44. The molecule has 96 valence electrons. The van der Waals surface area contributed by atoms with Crippen molar-refractivity contribution in [1.82, 2.24) is 0 Å². The van der Waals surface area contributed by atoms with Crippen molar-refractivity contribution in [2.75, 3.05) is 0 Å². The molecule has 0 bridgehead atoms. The lowest BCUT2D eigenvalue weighted by molar-refractivity contribution is 1.17. The first kappa shape index (κ1) is 14.1. The second-order valence-corrected chi connectivity index (χ2v) is 4.28. The fourth-order valence-corrected chi connectivity index (χ4v) is 2.00. The van der Waals surface area contributed by atoms with Crippen LogP contribution >= 0.6 is 0 Å². The van der Waals surface area contributed by atoms with Crippen LogP contribution < -0.4 is 0 Å². The maximum atomic E-state index is 5.20. The van der Waals surface area contributed by atoms with Crippen LogP contribution in [0.2, 0.25) is 0 Å². The van der Waals surface area contributed by atoms with E-state index in [1.165, 1.54) is 0 Å². The number of terminal acetylenes is 2. The Kier molecular flexibility index (Phi) is 4.91. The second kappa shape index (κ2) is 7.31. The van der Waals surface area contributed by atoms with E-state index in [0.29, 0.717) is 0 Å². The Bertz CT molecular complexity index is 773. The zero-order chi connectivity index (χ0) is 14.9. The van der Waals surface area contributed by atoms with Crippen LogP contribution in [0.4, 0.5) is 0 Å².